The summed E-state index contributed by atoms with van der Waals surface area (Å²) in [7, 11) is 0. The normalized spacial score (nSPS) is 11.2. The molecule has 0 bridgehead atoms. The molecule has 2 heterocycles. The minimum Gasteiger partial charge on any atom is -0.312 e. The molecule has 0 aliphatic heterocycles. The molecule has 108 valence electrons. The van der Waals surface area contributed by atoms with Gasteiger partial charge in [0.2, 0.25) is 0 Å². The summed E-state index contributed by atoms with van der Waals surface area (Å²) in [5.74, 6) is 0.447. The lowest BCUT2D eigenvalue weighted by Crippen LogP contribution is -2.14. The molecule has 2 rings (SSSR count). The number of hydrogen-bond donors (Lipinski definition) is 1. The molecule has 0 atom stereocenters. The highest BCUT2D eigenvalue weighted by Crippen LogP contribution is 2.31. The maximum atomic E-state index is 4.82. The van der Waals surface area contributed by atoms with Crippen LogP contribution in [0, 0.1) is 6.92 Å². The molecule has 0 unspecified atom stereocenters. The van der Waals surface area contributed by atoms with Crippen molar-refractivity contribution in [2.45, 2.75) is 46.6 Å². The molecule has 0 aliphatic rings. The van der Waals surface area contributed by atoms with E-state index >= 15 is 0 Å². The molecule has 20 heavy (non-hydrogen) atoms. The number of nitrogens with zero attached hydrogens (tertiary/aromatic N) is 2. The Morgan fingerprint density at radius 1 is 1.35 bits per heavy atom. The molecule has 0 fully saturated rings. The van der Waals surface area contributed by atoms with Crippen molar-refractivity contribution in [3.8, 4) is 10.7 Å². The Hall–Kier alpha value is -1.26. The van der Waals surface area contributed by atoms with E-state index in [4.69, 9.17) is 4.98 Å². The second-order valence-corrected chi connectivity index (χ2v) is 6.46. The van der Waals surface area contributed by atoms with Crippen molar-refractivity contribution in [2.75, 3.05) is 6.54 Å². The standard InChI is InChI=1S/C16H23N3S/c1-5-7-17-10-14-15(11(2)3)19-16(20-14)13-9-12(4)6-8-18-13/h6,8-9,11,17H,5,7,10H2,1-4H3. The molecule has 0 radical (unpaired) electrons. The highest BCUT2D eigenvalue weighted by Gasteiger charge is 2.15. The zero-order valence-electron chi connectivity index (χ0n) is 12.7. The lowest BCUT2D eigenvalue weighted by molar-refractivity contribution is 0.670. The molecule has 0 aliphatic carbocycles. The number of rotatable bonds is 6. The van der Waals surface area contributed by atoms with E-state index in [0.717, 1.165) is 30.2 Å². The van der Waals surface area contributed by atoms with Gasteiger partial charge in [0, 0.05) is 17.6 Å². The van der Waals surface area contributed by atoms with Crippen LogP contribution in [0.2, 0.25) is 0 Å². The van der Waals surface area contributed by atoms with E-state index in [9.17, 15) is 0 Å². The highest BCUT2D eigenvalue weighted by atomic mass is 32.1. The lowest BCUT2D eigenvalue weighted by atomic mass is 10.1. The number of pyridine rings is 1. The highest BCUT2D eigenvalue weighted by molar-refractivity contribution is 7.15. The van der Waals surface area contributed by atoms with Gasteiger partial charge < -0.3 is 5.32 Å². The second-order valence-electron chi connectivity index (χ2n) is 5.38. The summed E-state index contributed by atoms with van der Waals surface area (Å²) in [6.07, 6.45) is 3.01. The molecule has 3 nitrogen and oxygen atoms in total. The van der Waals surface area contributed by atoms with Crippen LogP contribution in [0.1, 0.15) is 49.2 Å². The first-order chi connectivity index (χ1) is 9.61. The minimum atomic E-state index is 0.447. The third-order valence-electron chi connectivity index (χ3n) is 3.12. The summed E-state index contributed by atoms with van der Waals surface area (Å²) < 4.78 is 0. The first-order valence-corrected chi connectivity index (χ1v) is 8.06. The number of aryl methyl sites for hydroxylation is 1. The Morgan fingerprint density at radius 2 is 2.15 bits per heavy atom. The van der Waals surface area contributed by atoms with Gasteiger partial charge in [0.25, 0.3) is 0 Å². The van der Waals surface area contributed by atoms with Crippen molar-refractivity contribution in [3.05, 3.63) is 34.5 Å². The summed E-state index contributed by atoms with van der Waals surface area (Å²) in [4.78, 5) is 10.6. The summed E-state index contributed by atoms with van der Waals surface area (Å²) in [6.45, 7) is 10.6. The quantitative estimate of drug-likeness (QED) is 0.812. The smallest absolute Gasteiger partial charge is 0.142 e. The van der Waals surface area contributed by atoms with Crippen molar-refractivity contribution in [1.29, 1.82) is 0 Å². The van der Waals surface area contributed by atoms with Gasteiger partial charge in [-0.15, -0.1) is 11.3 Å². The topological polar surface area (TPSA) is 37.8 Å². The molecular formula is C16H23N3S. The Labute approximate surface area is 125 Å². The molecule has 0 saturated heterocycles. The van der Waals surface area contributed by atoms with Gasteiger partial charge in [0.15, 0.2) is 0 Å². The van der Waals surface area contributed by atoms with Crippen molar-refractivity contribution in [3.63, 3.8) is 0 Å². The van der Waals surface area contributed by atoms with Crippen LogP contribution in [0.4, 0.5) is 0 Å². The first kappa shape index (κ1) is 15.1. The van der Waals surface area contributed by atoms with Crippen LogP contribution in [0.15, 0.2) is 18.3 Å². The van der Waals surface area contributed by atoms with Crippen LogP contribution in [0.25, 0.3) is 10.7 Å². The third-order valence-corrected chi connectivity index (χ3v) is 4.21. The Kier molecular flexibility index (Phi) is 5.26. The minimum absolute atomic E-state index is 0.447. The van der Waals surface area contributed by atoms with Gasteiger partial charge in [-0.2, -0.15) is 0 Å². The second kappa shape index (κ2) is 6.95. The van der Waals surface area contributed by atoms with E-state index in [1.807, 2.05) is 12.3 Å². The first-order valence-electron chi connectivity index (χ1n) is 7.25. The summed E-state index contributed by atoms with van der Waals surface area (Å²) >= 11 is 1.76. The Balaban J connectivity index is 2.28. The Bertz CT molecular complexity index is 561. The van der Waals surface area contributed by atoms with E-state index in [0.29, 0.717) is 5.92 Å². The molecule has 1 N–H and O–H groups in total. The average Bonchev–Trinajstić information content (AvgIpc) is 2.83. The number of nitrogens with one attached hydrogen (secondary N) is 1. The largest absolute Gasteiger partial charge is 0.312 e. The molecule has 0 amide bonds. The lowest BCUT2D eigenvalue weighted by Gasteiger charge is -2.05. The summed E-state index contributed by atoms with van der Waals surface area (Å²) in [6, 6.07) is 4.12. The molecule has 4 heteroatoms. The molecule has 2 aromatic heterocycles. The number of hydrogen-bond acceptors (Lipinski definition) is 4. The van der Waals surface area contributed by atoms with E-state index in [1.54, 1.807) is 11.3 Å². The van der Waals surface area contributed by atoms with Crippen molar-refractivity contribution < 1.29 is 0 Å². The van der Waals surface area contributed by atoms with Crippen molar-refractivity contribution in [1.82, 2.24) is 15.3 Å². The van der Waals surface area contributed by atoms with Gasteiger partial charge in [-0.05, 0) is 43.5 Å². The van der Waals surface area contributed by atoms with Gasteiger partial charge in [-0.1, -0.05) is 20.8 Å². The van der Waals surface area contributed by atoms with Crippen LogP contribution in [0.5, 0.6) is 0 Å². The molecule has 0 aromatic carbocycles. The predicted molar refractivity (Wildman–Crippen MR) is 86.2 cm³/mol. The van der Waals surface area contributed by atoms with E-state index in [1.165, 1.54) is 16.1 Å². The van der Waals surface area contributed by atoms with Gasteiger partial charge in [-0.25, -0.2) is 4.98 Å². The van der Waals surface area contributed by atoms with E-state index in [-0.39, 0.29) is 0 Å². The van der Waals surface area contributed by atoms with Crippen LogP contribution in [-0.2, 0) is 6.54 Å². The fourth-order valence-corrected chi connectivity index (χ4v) is 3.24. The van der Waals surface area contributed by atoms with Gasteiger partial charge in [-0.3, -0.25) is 4.98 Å². The van der Waals surface area contributed by atoms with E-state index in [2.05, 4.69) is 44.1 Å². The summed E-state index contributed by atoms with van der Waals surface area (Å²) in [5.41, 5.74) is 3.41. The Morgan fingerprint density at radius 3 is 2.80 bits per heavy atom. The summed E-state index contributed by atoms with van der Waals surface area (Å²) in [5, 5.41) is 4.51. The van der Waals surface area contributed by atoms with Crippen LogP contribution < -0.4 is 5.32 Å². The van der Waals surface area contributed by atoms with Gasteiger partial charge in [0.1, 0.15) is 5.01 Å². The number of aromatic nitrogens is 2. The maximum absolute atomic E-state index is 4.82. The predicted octanol–water partition coefficient (Wildman–Crippen LogP) is 4.14. The van der Waals surface area contributed by atoms with Crippen molar-refractivity contribution in [2.24, 2.45) is 0 Å². The van der Waals surface area contributed by atoms with Crippen LogP contribution in [-0.4, -0.2) is 16.5 Å². The van der Waals surface area contributed by atoms with Crippen LogP contribution >= 0.6 is 11.3 Å². The zero-order chi connectivity index (χ0) is 14.5. The molecule has 0 spiro atoms. The number of thiazole rings is 1. The van der Waals surface area contributed by atoms with Crippen LogP contribution in [0.3, 0.4) is 0 Å². The fourth-order valence-electron chi connectivity index (χ4n) is 2.08. The fraction of sp³-hybridized carbons (Fsp3) is 0.500. The molecule has 2 aromatic rings. The molecule has 0 saturated carbocycles. The molecular weight excluding hydrogens is 266 g/mol. The SMILES string of the molecule is CCCNCc1sc(-c2cc(C)ccn2)nc1C(C)C. The monoisotopic (exact) mass is 289 g/mol. The zero-order valence-corrected chi connectivity index (χ0v) is 13.5. The maximum Gasteiger partial charge on any atom is 0.142 e. The van der Waals surface area contributed by atoms with Crippen molar-refractivity contribution >= 4 is 11.3 Å². The van der Waals surface area contributed by atoms with E-state index < -0.39 is 0 Å². The van der Waals surface area contributed by atoms with Gasteiger partial charge in [0.05, 0.1) is 11.4 Å². The third kappa shape index (κ3) is 3.64. The van der Waals surface area contributed by atoms with Gasteiger partial charge >= 0.3 is 0 Å². The average molecular weight is 289 g/mol.